The van der Waals surface area contributed by atoms with Crippen LogP contribution in [-0.4, -0.2) is 35.2 Å². The number of rotatable bonds is 4. The molecule has 1 heterocycles. The van der Waals surface area contributed by atoms with Crippen LogP contribution in [0.2, 0.25) is 0 Å². The molecule has 0 aromatic carbocycles. The zero-order valence-corrected chi connectivity index (χ0v) is 10.0. The summed E-state index contributed by atoms with van der Waals surface area (Å²) in [5.74, 6) is 1.43. The van der Waals surface area contributed by atoms with Gasteiger partial charge in [0.2, 0.25) is 0 Å². The molecule has 0 aliphatic carbocycles. The zero-order valence-electron chi connectivity index (χ0n) is 10.0. The molecule has 1 aliphatic rings. The Morgan fingerprint density at radius 3 is 2.43 bits per heavy atom. The van der Waals surface area contributed by atoms with Gasteiger partial charge in [0.25, 0.3) is 0 Å². The Kier molecular flexibility index (Phi) is 4.39. The Labute approximate surface area is 88.3 Å². The Balaban J connectivity index is 2.41. The molecule has 2 heteroatoms. The fraction of sp³-hybridized carbons (Fsp3) is 1.00. The molecule has 0 aromatic heterocycles. The zero-order chi connectivity index (χ0) is 10.7. The van der Waals surface area contributed by atoms with E-state index in [0.29, 0.717) is 12.0 Å². The van der Waals surface area contributed by atoms with Crippen LogP contribution in [-0.2, 0) is 0 Å². The van der Waals surface area contributed by atoms with Gasteiger partial charge < -0.3 is 5.11 Å². The molecule has 0 unspecified atom stereocenters. The van der Waals surface area contributed by atoms with E-state index < -0.39 is 0 Å². The van der Waals surface area contributed by atoms with E-state index in [9.17, 15) is 5.11 Å². The molecule has 2 nitrogen and oxygen atoms in total. The van der Waals surface area contributed by atoms with E-state index in [4.69, 9.17) is 0 Å². The van der Waals surface area contributed by atoms with Crippen LogP contribution in [0.1, 0.15) is 40.5 Å². The van der Waals surface area contributed by atoms with Crippen molar-refractivity contribution in [1.82, 2.24) is 4.90 Å². The average Bonchev–Trinajstić information content (AvgIpc) is 2.43. The first-order chi connectivity index (χ1) is 6.50. The van der Waals surface area contributed by atoms with Crippen molar-refractivity contribution in [1.29, 1.82) is 0 Å². The molecule has 1 saturated heterocycles. The van der Waals surface area contributed by atoms with Crippen LogP contribution in [0, 0.1) is 11.8 Å². The van der Waals surface area contributed by atoms with Crippen molar-refractivity contribution in [2.75, 3.05) is 13.1 Å². The molecule has 0 spiro atoms. The highest BCUT2D eigenvalue weighted by Gasteiger charge is 2.32. The maximum absolute atomic E-state index is 9.64. The molecule has 1 fully saturated rings. The predicted molar refractivity (Wildman–Crippen MR) is 60.3 cm³/mol. The summed E-state index contributed by atoms with van der Waals surface area (Å²) in [6.45, 7) is 11.1. The van der Waals surface area contributed by atoms with Gasteiger partial charge in [0.15, 0.2) is 0 Å². The summed E-state index contributed by atoms with van der Waals surface area (Å²) in [4.78, 5) is 2.47. The van der Waals surface area contributed by atoms with Gasteiger partial charge >= 0.3 is 0 Å². The number of likely N-dealkylation sites (tertiary alicyclic amines) is 1. The topological polar surface area (TPSA) is 23.5 Å². The highest BCUT2D eigenvalue weighted by molar-refractivity contribution is 4.86. The molecular weight excluding hydrogens is 174 g/mol. The third-order valence-electron chi connectivity index (χ3n) is 3.19. The van der Waals surface area contributed by atoms with Gasteiger partial charge in [-0.15, -0.1) is 0 Å². The number of aliphatic hydroxyl groups excluding tert-OH is 1. The van der Waals surface area contributed by atoms with E-state index >= 15 is 0 Å². The van der Waals surface area contributed by atoms with Crippen molar-refractivity contribution in [3.05, 3.63) is 0 Å². The average molecular weight is 199 g/mol. The third kappa shape index (κ3) is 3.25. The molecule has 0 bridgehead atoms. The minimum absolute atomic E-state index is 0.0884. The Hall–Kier alpha value is -0.0800. The first-order valence-corrected chi connectivity index (χ1v) is 5.92. The van der Waals surface area contributed by atoms with Gasteiger partial charge in [0.1, 0.15) is 0 Å². The van der Waals surface area contributed by atoms with Crippen LogP contribution in [0.5, 0.6) is 0 Å². The van der Waals surface area contributed by atoms with E-state index in [1.807, 2.05) is 0 Å². The monoisotopic (exact) mass is 199 g/mol. The number of hydrogen-bond acceptors (Lipinski definition) is 2. The molecule has 2 atom stereocenters. The first-order valence-electron chi connectivity index (χ1n) is 5.92. The standard InChI is InChI=1S/C12H25NO/c1-9(2)5-6-13-8-11(14)7-12(13)10(3)4/h9-12,14H,5-8H2,1-4H3/t11-,12-/m1/s1. The lowest BCUT2D eigenvalue weighted by atomic mass is 10.0. The predicted octanol–water partition coefficient (Wildman–Crippen LogP) is 2.12. The summed E-state index contributed by atoms with van der Waals surface area (Å²) in [5.41, 5.74) is 0. The molecule has 0 aromatic rings. The second-order valence-corrected chi connectivity index (χ2v) is 5.38. The van der Waals surface area contributed by atoms with Gasteiger partial charge in [-0.25, -0.2) is 0 Å². The van der Waals surface area contributed by atoms with Crippen molar-refractivity contribution < 1.29 is 5.11 Å². The fourth-order valence-electron chi connectivity index (χ4n) is 2.28. The molecule has 1 aliphatic heterocycles. The fourth-order valence-corrected chi connectivity index (χ4v) is 2.28. The van der Waals surface area contributed by atoms with Crippen molar-refractivity contribution in [3.8, 4) is 0 Å². The Morgan fingerprint density at radius 1 is 1.29 bits per heavy atom. The second-order valence-electron chi connectivity index (χ2n) is 5.38. The van der Waals surface area contributed by atoms with Gasteiger partial charge in [-0.3, -0.25) is 4.90 Å². The second kappa shape index (κ2) is 5.13. The maximum Gasteiger partial charge on any atom is 0.0682 e. The number of β-amino-alcohol motifs (C(OH)–C–C–N with tert-alkyl or cyclic N) is 1. The molecular formula is C12H25NO. The summed E-state index contributed by atoms with van der Waals surface area (Å²) in [7, 11) is 0. The van der Waals surface area contributed by atoms with Gasteiger partial charge in [-0.1, -0.05) is 27.7 Å². The van der Waals surface area contributed by atoms with Gasteiger partial charge in [-0.2, -0.15) is 0 Å². The van der Waals surface area contributed by atoms with E-state index in [0.717, 1.165) is 25.4 Å². The van der Waals surface area contributed by atoms with Crippen LogP contribution < -0.4 is 0 Å². The third-order valence-corrected chi connectivity index (χ3v) is 3.19. The smallest absolute Gasteiger partial charge is 0.0682 e. The highest BCUT2D eigenvalue weighted by atomic mass is 16.3. The quantitative estimate of drug-likeness (QED) is 0.749. The van der Waals surface area contributed by atoms with Crippen LogP contribution >= 0.6 is 0 Å². The lowest BCUT2D eigenvalue weighted by molar-refractivity contribution is 0.168. The summed E-state index contributed by atoms with van der Waals surface area (Å²) in [6, 6.07) is 0.601. The lowest BCUT2D eigenvalue weighted by Crippen LogP contribution is -2.34. The summed E-state index contributed by atoms with van der Waals surface area (Å²) in [5, 5.41) is 9.64. The minimum atomic E-state index is -0.0884. The molecule has 84 valence electrons. The highest BCUT2D eigenvalue weighted by Crippen LogP contribution is 2.24. The maximum atomic E-state index is 9.64. The SMILES string of the molecule is CC(C)CCN1C[C@H](O)C[C@@H]1C(C)C. The summed E-state index contributed by atoms with van der Waals surface area (Å²) < 4.78 is 0. The summed E-state index contributed by atoms with van der Waals surface area (Å²) >= 11 is 0. The Bertz CT molecular complexity index is 168. The number of nitrogens with zero attached hydrogens (tertiary/aromatic N) is 1. The lowest BCUT2D eigenvalue weighted by Gasteiger charge is -2.27. The minimum Gasteiger partial charge on any atom is -0.392 e. The van der Waals surface area contributed by atoms with E-state index in [1.165, 1.54) is 6.42 Å². The van der Waals surface area contributed by atoms with Crippen LogP contribution in [0.3, 0.4) is 0 Å². The van der Waals surface area contributed by atoms with Gasteiger partial charge in [0, 0.05) is 12.6 Å². The normalized spacial score (nSPS) is 29.4. The van der Waals surface area contributed by atoms with E-state index in [-0.39, 0.29) is 6.10 Å². The first kappa shape index (κ1) is 12.0. The molecule has 0 radical (unpaired) electrons. The Morgan fingerprint density at radius 2 is 1.93 bits per heavy atom. The van der Waals surface area contributed by atoms with Crippen LogP contribution in [0.25, 0.3) is 0 Å². The summed E-state index contributed by atoms with van der Waals surface area (Å²) in [6.07, 6.45) is 2.13. The van der Waals surface area contributed by atoms with Gasteiger partial charge in [0.05, 0.1) is 6.10 Å². The van der Waals surface area contributed by atoms with Crippen LogP contribution in [0.4, 0.5) is 0 Å². The molecule has 0 amide bonds. The van der Waals surface area contributed by atoms with E-state index in [1.54, 1.807) is 0 Å². The van der Waals surface area contributed by atoms with Gasteiger partial charge in [-0.05, 0) is 31.2 Å². The number of aliphatic hydroxyl groups is 1. The molecule has 0 saturated carbocycles. The van der Waals surface area contributed by atoms with Crippen molar-refractivity contribution in [3.63, 3.8) is 0 Å². The molecule has 14 heavy (non-hydrogen) atoms. The van der Waals surface area contributed by atoms with Crippen LogP contribution in [0.15, 0.2) is 0 Å². The van der Waals surface area contributed by atoms with Crippen molar-refractivity contribution >= 4 is 0 Å². The molecule has 1 N–H and O–H groups in total. The van der Waals surface area contributed by atoms with Crippen molar-refractivity contribution in [2.24, 2.45) is 11.8 Å². The molecule has 1 rings (SSSR count). The van der Waals surface area contributed by atoms with E-state index in [2.05, 4.69) is 32.6 Å². The van der Waals surface area contributed by atoms with Crippen molar-refractivity contribution in [2.45, 2.75) is 52.7 Å². The number of hydrogen-bond donors (Lipinski definition) is 1. The largest absolute Gasteiger partial charge is 0.392 e.